The number of carbonyl (C=O) groups excluding carboxylic acids is 1. The van der Waals surface area contributed by atoms with Gasteiger partial charge in [-0.05, 0) is 39.5 Å². The SMILES string of the molecule is CCOC(=O)C1(c2nc(C(CC)(CC)OCC)no2)CC1. The lowest BCUT2D eigenvalue weighted by Crippen LogP contribution is -2.30. The highest BCUT2D eigenvalue weighted by atomic mass is 16.5. The summed E-state index contributed by atoms with van der Waals surface area (Å²) in [7, 11) is 0. The van der Waals surface area contributed by atoms with Crippen LogP contribution in [0.2, 0.25) is 0 Å². The average molecular weight is 296 g/mol. The molecule has 21 heavy (non-hydrogen) atoms. The molecule has 1 aromatic heterocycles. The summed E-state index contributed by atoms with van der Waals surface area (Å²) < 4.78 is 16.4. The maximum atomic E-state index is 12.1. The minimum Gasteiger partial charge on any atom is -0.465 e. The topological polar surface area (TPSA) is 74.5 Å². The van der Waals surface area contributed by atoms with E-state index < -0.39 is 11.0 Å². The summed E-state index contributed by atoms with van der Waals surface area (Å²) in [6.07, 6.45) is 2.91. The van der Waals surface area contributed by atoms with E-state index in [0.29, 0.717) is 37.8 Å². The molecule has 0 unspecified atom stereocenters. The van der Waals surface area contributed by atoms with E-state index in [1.807, 2.05) is 20.8 Å². The molecule has 0 aromatic carbocycles. The monoisotopic (exact) mass is 296 g/mol. The highest BCUT2D eigenvalue weighted by molar-refractivity contribution is 5.85. The van der Waals surface area contributed by atoms with E-state index in [1.165, 1.54) is 0 Å². The molecule has 0 N–H and O–H groups in total. The van der Waals surface area contributed by atoms with Crippen LogP contribution in [-0.4, -0.2) is 29.3 Å². The molecule has 2 rings (SSSR count). The summed E-state index contributed by atoms with van der Waals surface area (Å²) in [4.78, 5) is 16.5. The number of nitrogens with zero attached hydrogens (tertiary/aromatic N) is 2. The highest BCUT2D eigenvalue weighted by Gasteiger charge is 2.58. The minimum absolute atomic E-state index is 0.268. The van der Waals surface area contributed by atoms with Gasteiger partial charge < -0.3 is 14.0 Å². The van der Waals surface area contributed by atoms with E-state index in [9.17, 15) is 4.79 Å². The van der Waals surface area contributed by atoms with Gasteiger partial charge in [-0.2, -0.15) is 4.98 Å². The molecule has 0 bridgehead atoms. The van der Waals surface area contributed by atoms with E-state index in [-0.39, 0.29) is 5.97 Å². The molecule has 1 aliphatic carbocycles. The Morgan fingerprint density at radius 3 is 2.38 bits per heavy atom. The Hall–Kier alpha value is -1.43. The van der Waals surface area contributed by atoms with Crippen molar-refractivity contribution in [3.63, 3.8) is 0 Å². The smallest absolute Gasteiger partial charge is 0.321 e. The lowest BCUT2D eigenvalue weighted by molar-refractivity contribution is -0.146. The third kappa shape index (κ3) is 2.69. The standard InChI is InChI=1S/C15H24N2O4/c1-5-15(6-2,20-8-4)11-16-12(21-17-11)14(9-10-14)13(18)19-7-3/h5-10H2,1-4H3. The van der Waals surface area contributed by atoms with E-state index in [0.717, 1.165) is 12.8 Å². The van der Waals surface area contributed by atoms with Crippen LogP contribution in [0.4, 0.5) is 0 Å². The van der Waals surface area contributed by atoms with E-state index in [1.54, 1.807) is 6.92 Å². The number of aromatic nitrogens is 2. The molecule has 1 fully saturated rings. The van der Waals surface area contributed by atoms with Crippen molar-refractivity contribution in [3.8, 4) is 0 Å². The molecule has 0 saturated heterocycles. The van der Waals surface area contributed by atoms with Gasteiger partial charge in [0, 0.05) is 6.61 Å². The molecule has 0 aliphatic heterocycles. The van der Waals surface area contributed by atoms with Crippen molar-refractivity contribution in [2.45, 2.75) is 64.4 Å². The third-order valence-corrected chi connectivity index (χ3v) is 4.22. The summed E-state index contributed by atoms with van der Waals surface area (Å²) in [5.41, 5.74) is -1.26. The van der Waals surface area contributed by atoms with Gasteiger partial charge in [0.1, 0.15) is 11.0 Å². The van der Waals surface area contributed by atoms with Crippen LogP contribution in [0.5, 0.6) is 0 Å². The van der Waals surface area contributed by atoms with Crippen molar-refractivity contribution < 1.29 is 18.8 Å². The molecule has 1 saturated carbocycles. The van der Waals surface area contributed by atoms with Crippen LogP contribution in [0.15, 0.2) is 4.52 Å². The van der Waals surface area contributed by atoms with Crippen molar-refractivity contribution in [2.24, 2.45) is 0 Å². The van der Waals surface area contributed by atoms with Crippen LogP contribution in [0, 0.1) is 0 Å². The number of esters is 1. The molecule has 6 heteroatoms. The molecule has 118 valence electrons. The Morgan fingerprint density at radius 1 is 1.24 bits per heavy atom. The molecule has 0 spiro atoms. The van der Waals surface area contributed by atoms with Gasteiger partial charge in [0.2, 0.25) is 11.7 Å². The molecule has 0 amide bonds. The Kier molecular flexibility index (Phi) is 4.66. The zero-order valence-corrected chi connectivity index (χ0v) is 13.3. The fourth-order valence-corrected chi connectivity index (χ4v) is 2.61. The van der Waals surface area contributed by atoms with Crippen LogP contribution < -0.4 is 0 Å². The van der Waals surface area contributed by atoms with Crippen LogP contribution in [0.3, 0.4) is 0 Å². The van der Waals surface area contributed by atoms with E-state index in [2.05, 4.69) is 10.1 Å². The first-order valence-electron chi connectivity index (χ1n) is 7.74. The van der Waals surface area contributed by atoms with Crippen molar-refractivity contribution in [1.29, 1.82) is 0 Å². The van der Waals surface area contributed by atoms with Crippen molar-refractivity contribution in [1.82, 2.24) is 10.1 Å². The lowest BCUT2D eigenvalue weighted by atomic mass is 9.96. The van der Waals surface area contributed by atoms with Crippen molar-refractivity contribution in [3.05, 3.63) is 11.7 Å². The summed E-state index contributed by atoms with van der Waals surface area (Å²) in [5.74, 6) is 0.622. The molecular weight excluding hydrogens is 272 g/mol. The summed E-state index contributed by atoms with van der Waals surface area (Å²) in [6.45, 7) is 8.74. The molecule has 0 atom stereocenters. The molecule has 0 radical (unpaired) electrons. The second-order valence-corrected chi connectivity index (χ2v) is 5.36. The van der Waals surface area contributed by atoms with Gasteiger partial charge in [-0.3, -0.25) is 4.79 Å². The normalized spacial score (nSPS) is 16.8. The number of carbonyl (C=O) groups is 1. The number of hydrogen-bond acceptors (Lipinski definition) is 6. The van der Waals surface area contributed by atoms with Gasteiger partial charge in [0.05, 0.1) is 6.61 Å². The first-order valence-corrected chi connectivity index (χ1v) is 7.74. The fraction of sp³-hybridized carbons (Fsp3) is 0.800. The van der Waals surface area contributed by atoms with Crippen LogP contribution in [0.25, 0.3) is 0 Å². The van der Waals surface area contributed by atoms with Gasteiger partial charge in [-0.1, -0.05) is 19.0 Å². The number of ether oxygens (including phenoxy) is 2. The summed E-state index contributed by atoms with van der Waals surface area (Å²) >= 11 is 0. The molecule has 6 nitrogen and oxygen atoms in total. The largest absolute Gasteiger partial charge is 0.465 e. The van der Waals surface area contributed by atoms with Gasteiger partial charge in [-0.25, -0.2) is 0 Å². The Labute approximate surface area is 125 Å². The lowest BCUT2D eigenvalue weighted by Gasteiger charge is -2.27. The first kappa shape index (κ1) is 15.9. The molecule has 1 heterocycles. The second kappa shape index (κ2) is 6.13. The van der Waals surface area contributed by atoms with E-state index >= 15 is 0 Å². The third-order valence-electron chi connectivity index (χ3n) is 4.22. The summed E-state index contributed by atoms with van der Waals surface area (Å²) in [6, 6.07) is 0. The predicted octanol–water partition coefficient (Wildman–Crippen LogP) is 2.72. The maximum absolute atomic E-state index is 12.1. The maximum Gasteiger partial charge on any atom is 0.321 e. The van der Waals surface area contributed by atoms with Gasteiger partial charge in [0.15, 0.2) is 0 Å². The molecular formula is C15H24N2O4. The van der Waals surface area contributed by atoms with Gasteiger partial charge in [-0.15, -0.1) is 0 Å². The zero-order valence-electron chi connectivity index (χ0n) is 13.3. The van der Waals surface area contributed by atoms with E-state index in [4.69, 9.17) is 14.0 Å². The minimum atomic E-state index is -0.722. The quantitative estimate of drug-likeness (QED) is 0.687. The van der Waals surface area contributed by atoms with Crippen molar-refractivity contribution in [2.75, 3.05) is 13.2 Å². The van der Waals surface area contributed by atoms with Crippen LogP contribution in [0.1, 0.15) is 65.1 Å². The van der Waals surface area contributed by atoms with Crippen molar-refractivity contribution >= 4 is 5.97 Å². The Bertz CT molecular complexity index is 490. The van der Waals surface area contributed by atoms with Gasteiger partial charge in [0.25, 0.3) is 0 Å². The van der Waals surface area contributed by atoms with Crippen LogP contribution >= 0.6 is 0 Å². The Balaban J connectivity index is 2.27. The summed E-state index contributed by atoms with van der Waals surface area (Å²) in [5, 5.41) is 4.08. The Morgan fingerprint density at radius 2 is 1.90 bits per heavy atom. The highest BCUT2D eigenvalue weighted by Crippen LogP contribution is 2.49. The fourth-order valence-electron chi connectivity index (χ4n) is 2.61. The first-order chi connectivity index (χ1) is 10.1. The number of hydrogen-bond donors (Lipinski definition) is 0. The average Bonchev–Trinajstić information content (AvgIpc) is 3.16. The molecule has 1 aromatic rings. The predicted molar refractivity (Wildman–Crippen MR) is 75.7 cm³/mol. The van der Waals surface area contributed by atoms with Gasteiger partial charge >= 0.3 is 5.97 Å². The molecule has 1 aliphatic rings. The van der Waals surface area contributed by atoms with Crippen LogP contribution in [-0.2, 0) is 25.3 Å². The zero-order chi connectivity index (χ0) is 15.5. The second-order valence-electron chi connectivity index (χ2n) is 5.36. The number of rotatable bonds is 8.